The fourth-order valence-corrected chi connectivity index (χ4v) is 1.29. The molecule has 1 radical (unpaired) electrons. The Labute approximate surface area is 82.5 Å². The molecule has 0 aliphatic rings. The highest BCUT2D eigenvalue weighted by atomic mass is 14.2. The zero-order valence-electron chi connectivity index (χ0n) is 8.47. The first-order valence-corrected chi connectivity index (χ1v) is 5.23. The first kappa shape index (κ1) is 12.2. The highest BCUT2D eigenvalue weighted by molar-refractivity contribution is 4.83. The van der Waals surface area contributed by atoms with Crippen LogP contribution in [0.25, 0.3) is 0 Å². The smallest absolute Gasteiger partial charge is 0.0621 e. The fourth-order valence-electron chi connectivity index (χ4n) is 1.29. The second kappa shape index (κ2) is 11.2. The van der Waals surface area contributed by atoms with E-state index in [0.717, 1.165) is 12.8 Å². The molecule has 0 spiro atoms. The van der Waals surface area contributed by atoms with Gasteiger partial charge < -0.3 is 0 Å². The standard InChI is InChI=1S/C12H20N/c1-2-3-4-5-6-7-8-9-10-11-12-13/h2-3H,1,4-11H2. The molecule has 13 heavy (non-hydrogen) atoms. The van der Waals surface area contributed by atoms with Crippen molar-refractivity contribution in [3.8, 4) is 6.07 Å². The number of allylic oxidation sites excluding steroid dienone is 2. The average molecular weight is 178 g/mol. The van der Waals surface area contributed by atoms with E-state index in [1.54, 1.807) is 0 Å². The molecule has 0 unspecified atom stereocenters. The molecule has 1 nitrogen and oxygen atoms in total. The van der Waals surface area contributed by atoms with E-state index in [4.69, 9.17) is 5.26 Å². The van der Waals surface area contributed by atoms with Crippen molar-refractivity contribution in [2.24, 2.45) is 0 Å². The molecule has 73 valence electrons. The van der Waals surface area contributed by atoms with E-state index in [0.29, 0.717) is 0 Å². The molecule has 0 atom stereocenters. The first-order valence-electron chi connectivity index (χ1n) is 5.23. The van der Waals surface area contributed by atoms with Gasteiger partial charge in [-0.05, 0) is 26.2 Å². The van der Waals surface area contributed by atoms with E-state index in [1.165, 1.54) is 38.5 Å². The highest BCUT2D eigenvalue weighted by Gasteiger charge is 1.89. The van der Waals surface area contributed by atoms with E-state index in [1.807, 2.05) is 6.08 Å². The first-order chi connectivity index (χ1) is 6.41. The SMILES string of the molecule is [CH2]C=CCCCCCCCCC#N. The maximum Gasteiger partial charge on any atom is 0.0621 e. The van der Waals surface area contributed by atoms with Crippen molar-refractivity contribution >= 4 is 0 Å². The number of unbranched alkanes of at least 4 members (excludes halogenated alkanes) is 7. The van der Waals surface area contributed by atoms with E-state index in [2.05, 4.69) is 19.1 Å². The van der Waals surface area contributed by atoms with Crippen LogP contribution in [0.3, 0.4) is 0 Å². The van der Waals surface area contributed by atoms with Crippen LogP contribution in [-0.2, 0) is 0 Å². The molecule has 0 aliphatic heterocycles. The molecule has 0 heterocycles. The third kappa shape index (κ3) is 11.2. The van der Waals surface area contributed by atoms with Crippen LogP contribution in [0.2, 0.25) is 0 Å². The molecule has 0 aliphatic carbocycles. The van der Waals surface area contributed by atoms with Gasteiger partial charge in [-0.2, -0.15) is 5.26 Å². The molecule has 0 amide bonds. The molecule has 0 saturated heterocycles. The van der Waals surface area contributed by atoms with E-state index >= 15 is 0 Å². The second-order valence-electron chi connectivity index (χ2n) is 3.29. The molecule has 0 rings (SSSR count). The third-order valence-electron chi connectivity index (χ3n) is 2.08. The van der Waals surface area contributed by atoms with Crippen molar-refractivity contribution in [1.29, 1.82) is 5.26 Å². The molecule has 1 heteroatoms. The zero-order valence-corrected chi connectivity index (χ0v) is 8.47. The lowest BCUT2D eigenvalue weighted by Gasteiger charge is -1.97. The van der Waals surface area contributed by atoms with Gasteiger partial charge in [0.25, 0.3) is 0 Å². The molecule has 0 N–H and O–H groups in total. The monoisotopic (exact) mass is 178 g/mol. The summed E-state index contributed by atoms with van der Waals surface area (Å²) in [7, 11) is 0. The maximum absolute atomic E-state index is 8.30. The number of hydrogen-bond acceptors (Lipinski definition) is 1. The normalized spacial score (nSPS) is 10.5. The van der Waals surface area contributed by atoms with Crippen molar-refractivity contribution in [3.05, 3.63) is 19.1 Å². The van der Waals surface area contributed by atoms with Gasteiger partial charge in [0.15, 0.2) is 0 Å². The van der Waals surface area contributed by atoms with E-state index in [9.17, 15) is 0 Å². The minimum absolute atomic E-state index is 0.726. The molecule has 0 aromatic carbocycles. The van der Waals surface area contributed by atoms with Crippen LogP contribution in [0.4, 0.5) is 0 Å². The van der Waals surface area contributed by atoms with Gasteiger partial charge in [0, 0.05) is 6.42 Å². The van der Waals surface area contributed by atoms with Gasteiger partial charge in [0.2, 0.25) is 0 Å². The predicted octanol–water partition coefficient (Wildman–Crippen LogP) is 4.02. The summed E-state index contributed by atoms with van der Waals surface area (Å²) in [4.78, 5) is 0. The van der Waals surface area contributed by atoms with Crippen molar-refractivity contribution < 1.29 is 0 Å². The Kier molecular flexibility index (Phi) is 10.6. The van der Waals surface area contributed by atoms with Gasteiger partial charge in [-0.3, -0.25) is 0 Å². The Balaban J connectivity index is 2.88. The lowest BCUT2D eigenvalue weighted by atomic mass is 10.1. The number of rotatable bonds is 8. The van der Waals surface area contributed by atoms with Crippen LogP contribution in [0.15, 0.2) is 12.2 Å². The van der Waals surface area contributed by atoms with Gasteiger partial charge >= 0.3 is 0 Å². The minimum atomic E-state index is 0.726. The van der Waals surface area contributed by atoms with Crippen molar-refractivity contribution in [1.82, 2.24) is 0 Å². The lowest BCUT2D eigenvalue weighted by Crippen LogP contribution is -1.79. The van der Waals surface area contributed by atoms with Gasteiger partial charge in [0.05, 0.1) is 6.07 Å². The average Bonchev–Trinajstić information content (AvgIpc) is 2.16. The summed E-state index contributed by atoms with van der Waals surface area (Å²) in [5, 5.41) is 8.30. The summed E-state index contributed by atoms with van der Waals surface area (Å²) in [6.07, 6.45) is 13.4. The largest absolute Gasteiger partial charge is 0.198 e. The summed E-state index contributed by atoms with van der Waals surface area (Å²) >= 11 is 0. The van der Waals surface area contributed by atoms with Crippen molar-refractivity contribution in [3.63, 3.8) is 0 Å². The molecule has 0 aromatic rings. The maximum atomic E-state index is 8.30. The van der Waals surface area contributed by atoms with E-state index < -0.39 is 0 Å². The number of nitrogens with zero attached hydrogens (tertiary/aromatic N) is 1. The van der Waals surface area contributed by atoms with Gasteiger partial charge in [0.1, 0.15) is 0 Å². The molecule has 0 fully saturated rings. The van der Waals surface area contributed by atoms with Crippen molar-refractivity contribution in [2.75, 3.05) is 0 Å². The van der Waals surface area contributed by atoms with E-state index in [-0.39, 0.29) is 0 Å². The molecular weight excluding hydrogens is 158 g/mol. The Hall–Kier alpha value is -0.770. The summed E-state index contributed by atoms with van der Waals surface area (Å²) in [5.41, 5.74) is 0. The van der Waals surface area contributed by atoms with Crippen LogP contribution in [0, 0.1) is 18.3 Å². The van der Waals surface area contributed by atoms with Crippen LogP contribution in [0.1, 0.15) is 51.4 Å². The third-order valence-corrected chi connectivity index (χ3v) is 2.08. The molecule has 0 bridgehead atoms. The summed E-state index contributed by atoms with van der Waals surface area (Å²) in [6.45, 7) is 3.64. The summed E-state index contributed by atoms with van der Waals surface area (Å²) < 4.78 is 0. The van der Waals surface area contributed by atoms with Gasteiger partial charge in [-0.1, -0.05) is 37.8 Å². The number of hydrogen-bond donors (Lipinski definition) is 0. The van der Waals surface area contributed by atoms with Crippen LogP contribution >= 0.6 is 0 Å². The Morgan fingerprint density at radius 1 is 1.00 bits per heavy atom. The van der Waals surface area contributed by atoms with Crippen LogP contribution in [0.5, 0.6) is 0 Å². The summed E-state index contributed by atoms with van der Waals surface area (Å²) in [6, 6.07) is 2.17. The quantitative estimate of drug-likeness (QED) is 0.515. The summed E-state index contributed by atoms with van der Waals surface area (Å²) in [5.74, 6) is 0. The van der Waals surface area contributed by atoms with Gasteiger partial charge in [-0.15, -0.1) is 0 Å². The minimum Gasteiger partial charge on any atom is -0.198 e. The molecular formula is C12H20N. The van der Waals surface area contributed by atoms with Crippen LogP contribution in [-0.4, -0.2) is 0 Å². The lowest BCUT2D eigenvalue weighted by molar-refractivity contribution is 0.601. The molecule has 0 aromatic heterocycles. The van der Waals surface area contributed by atoms with Crippen molar-refractivity contribution in [2.45, 2.75) is 51.4 Å². The highest BCUT2D eigenvalue weighted by Crippen LogP contribution is 2.08. The Morgan fingerprint density at radius 3 is 2.23 bits per heavy atom. The van der Waals surface area contributed by atoms with Gasteiger partial charge in [-0.25, -0.2) is 0 Å². The second-order valence-corrected chi connectivity index (χ2v) is 3.29. The van der Waals surface area contributed by atoms with Crippen LogP contribution < -0.4 is 0 Å². The molecule has 0 saturated carbocycles. The topological polar surface area (TPSA) is 23.8 Å². The predicted molar refractivity (Wildman–Crippen MR) is 57.0 cm³/mol. The Morgan fingerprint density at radius 2 is 1.62 bits per heavy atom. The number of nitriles is 1. The Bertz CT molecular complexity index is 153. The zero-order chi connectivity index (χ0) is 9.78. The fraction of sp³-hybridized carbons (Fsp3) is 0.667.